The first-order valence-electron chi connectivity index (χ1n) is 6.15. The predicted octanol–water partition coefficient (Wildman–Crippen LogP) is 2.08. The molecule has 1 aromatic carbocycles. The van der Waals surface area contributed by atoms with E-state index < -0.39 is 11.4 Å². The molecule has 0 radical (unpaired) electrons. The highest BCUT2D eigenvalue weighted by molar-refractivity contribution is 6.08. The molecule has 0 atom stereocenters. The summed E-state index contributed by atoms with van der Waals surface area (Å²) in [5.74, 6) is -0.721. The number of aryl methyl sites for hydroxylation is 1. The van der Waals surface area contributed by atoms with Crippen LogP contribution in [0.15, 0.2) is 18.2 Å². The molecule has 19 heavy (non-hydrogen) atoms. The van der Waals surface area contributed by atoms with Crippen molar-refractivity contribution in [1.29, 1.82) is 0 Å². The Balaban J connectivity index is 2.51. The van der Waals surface area contributed by atoms with Crippen LogP contribution in [-0.4, -0.2) is 23.0 Å². The highest BCUT2D eigenvalue weighted by Gasteiger charge is 2.24. The number of carbonyl (C=O) groups is 1. The van der Waals surface area contributed by atoms with E-state index in [0.717, 1.165) is 0 Å². The van der Waals surface area contributed by atoms with Crippen LogP contribution in [0.25, 0.3) is 10.9 Å². The lowest BCUT2D eigenvalue weighted by Gasteiger charge is -2.24. The zero-order valence-corrected chi connectivity index (χ0v) is 11.3. The van der Waals surface area contributed by atoms with Crippen molar-refractivity contribution >= 4 is 16.8 Å². The van der Waals surface area contributed by atoms with Crippen molar-refractivity contribution in [2.45, 2.75) is 26.3 Å². The van der Waals surface area contributed by atoms with Gasteiger partial charge in [-0.2, -0.15) is 0 Å². The Bertz CT molecular complexity index is 631. The van der Waals surface area contributed by atoms with E-state index in [1.54, 1.807) is 19.1 Å². The Morgan fingerprint density at radius 1 is 1.47 bits per heavy atom. The molecule has 1 amide bonds. The van der Waals surface area contributed by atoms with Crippen molar-refractivity contribution in [2.24, 2.45) is 5.73 Å². The first-order valence-corrected chi connectivity index (χ1v) is 6.15. The highest BCUT2D eigenvalue weighted by atomic mass is 19.1. The second-order valence-corrected chi connectivity index (χ2v) is 5.33. The Kier molecular flexibility index (Phi) is 3.32. The minimum Gasteiger partial charge on any atom is -0.358 e. The number of nitrogens with one attached hydrogen (secondary N) is 2. The average molecular weight is 263 g/mol. The van der Waals surface area contributed by atoms with Crippen LogP contribution in [0.3, 0.4) is 0 Å². The van der Waals surface area contributed by atoms with Gasteiger partial charge in [0.25, 0.3) is 5.91 Å². The van der Waals surface area contributed by atoms with Gasteiger partial charge in [-0.05, 0) is 32.9 Å². The number of halogens is 1. The number of rotatable bonds is 3. The van der Waals surface area contributed by atoms with Gasteiger partial charge in [0.05, 0.1) is 5.56 Å². The van der Waals surface area contributed by atoms with Crippen LogP contribution in [0, 0.1) is 12.7 Å². The molecule has 0 saturated carbocycles. The Morgan fingerprint density at radius 2 is 2.16 bits per heavy atom. The molecule has 2 rings (SSSR count). The fraction of sp³-hybridized carbons (Fsp3) is 0.357. The van der Waals surface area contributed by atoms with Crippen molar-refractivity contribution in [3.8, 4) is 0 Å². The number of nitrogens with two attached hydrogens (primary N) is 1. The third kappa shape index (κ3) is 2.46. The normalized spacial score (nSPS) is 11.8. The van der Waals surface area contributed by atoms with Gasteiger partial charge in [0, 0.05) is 28.7 Å². The summed E-state index contributed by atoms with van der Waals surface area (Å²) in [6.45, 7) is 5.71. The molecular weight excluding hydrogens is 245 g/mol. The van der Waals surface area contributed by atoms with E-state index in [-0.39, 0.29) is 5.91 Å². The summed E-state index contributed by atoms with van der Waals surface area (Å²) in [5.41, 5.74) is 6.67. The Morgan fingerprint density at radius 3 is 2.79 bits per heavy atom. The van der Waals surface area contributed by atoms with E-state index in [4.69, 9.17) is 5.73 Å². The largest absolute Gasteiger partial charge is 0.358 e. The molecule has 4 nitrogen and oxygen atoms in total. The van der Waals surface area contributed by atoms with Crippen LogP contribution >= 0.6 is 0 Å². The molecule has 0 aliphatic carbocycles. The number of carbonyl (C=O) groups excluding carboxylic acids is 1. The Labute approximate surface area is 111 Å². The number of hydrogen-bond acceptors (Lipinski definition) is 2. The third-order valence-electron chi connectivity index (χ3n) is 3.15. The first kappa shape index (κ1) is 13.5. The second kappa shape index (κ2) is 4.66. The molecule has 1 aromatic heterocycles. The van der Waals surface area contributed by atoms with E-state index in [9.17, 15) is 9.18 Å². The van der Waals surface area contributed by atoms with Gasteiger partial charge >= 0.3 is 0 Å². The van der Waals surface area contributed by atoms with Crippen molar-refractivity contribution in [2.75, 3.05) is 6.54 Å². The van der Waals surface area contributed by atoms with Gasteiger partial charge in [0.1, 0.15) is 5.82 Å². The van der Waals surface area contributed by atoms with E-state index in [1.165, 1.54) is 6.07 Å². The maximum absolute atomic E-state index is 13.9. The maximum atomic E-state index is 13.9. The van der Waals surface area contributed by atoms with Crippen molar-refractivity contribution in [1.82, 2.24) is 10.3 Å². The third-order valence-corrected chi connectivity index (χ3v) is 3.15. The standard InChI is InChI=1S/C14H18FN3O/c1-8-11(13(19)18-14(2,3)7-16)12-9(15)5-4-6-10(12)17-8/h4-6,17H,7,16H2,1-3H3,(H,18,19). The minimum atomic E-state index is -0.529. The fourth-order valence-electron chi connectivity index (χ4n) is 2.04. The molecule has 0 unspecified atom stereocenters. The van der Waals surface area contributed by atoms with Gasteiger partial charge in [0.15, 0.2) is 0 Å². The molecule has 4 N–H and O–H groups in total. The summed E-state index contributed by atoms with van der Waals surface area (Å²) in [6, 6.07) is 4.70. The summed E-state index contributed by atoms with van der Waals surface area (Å²) in [6.07, 6.45) is 0. The smallest absolute Gasteiger partial charge is 0.254 e. The Hall–Kier alpha value is -1.88. The zero-order valence-electron chi connectivity index (χ0n) is 11.3. The van der Waals surface area contributed by atoms with Crippen LogP contribution in [-0.2, 0) is 0 Å². The van der Waals surface area contributed by atoms with Crippen LogP contribution in [0.4, 0.5) is 4.39 Å². The van der Waals surface area contributed by atoms with Gasteiger partial charge in [-0.15, -0.1) is 0 Å². The molecule has 0 saturated heterocycles. The van der Waals surface area contributed by atoms with Crippen LogP contribution in [0.2, 0.25) is 0 Å². The number of benzene rings is 1. The van der Waals surface area contributed by atoms with E-state index in [1.807, 2.05) is 13.8 Å². The number of H-pyrrole nitrogens is 1. The van der Waals surface area contributed by atoms with Crippen molar-refractivity contribution in [3.63, 3.8) is 0 Å². The molecule has 0 bridgehead atoms. The number of amides is 1. The highest BCUT2D eigenvalue weighted by Crippen LogP contribution is 2.25. The summed E-state index contributed by atoms with van der Waals surface area (Å²) < 4.78 is 13.9. The molecule has 5 heteroatoms. The molecule has 102 valence electrons. The fourth-order valence-corrected chi connectivity index (χ4v) is 2.04. The molecule has 0 aliphatic rings. The topological polar surface area (TPSA) is 70.9 Å². The molecule has 2 aromatic rings. The molecule has 0 fully saturated rings. The van der Waals surface area contributed by atoms with Crippen LogP contribution < -0.4 is 11.1 Å². The van der Waals surface area contributed by atoms with Crippen LogP contribution in [0.5, 0.6) is 0 Å². The lowest BCUT2D eigenvalue weighted by Crippen LogP contribution is -2.48. The predicted molar refractivity (Wildman–Crippen MR) is 73.6 cm³/mol. The number of aromatic nitrogens is 1. The zero-order chi connectivity index (χ0) is 14.2. The quantitative estimate of drug-likeness (QED) is 0.793. The SMILES string of the molecule is Cc1[nH]c2cccc(F)c2c1C(=O)NC(C)(C)CN. The van der Waals surface area contributed by atoms with Gasteiger partial charge in [-0.1, -0.05) is 6.07 Å². The minimum absolute atomic E-state index is 0.308. The van der Waals surface area contributed by atoms with E-state index in [2.05, 4.69) is 10.3 Å². The first-order chi connectivity index (χ1) is 8.85. The van der Waals surface area contributed by atoms with Crippen LogP contribution in [0.1, 0.15) is 29.9 Å². The lowest BCUT2D eigenvalue weighted by molar-refractivity contribution is 0.0916. The summed E-state index contributed by atoms with van der Waals surface area (Å²) in [5, 5.41) is 3.14. The lowest BCUT2D eigenvalue weighted by atomic mass is 10.0. The average Bonchev–Trinajstić information content (AvgIpc) is 2.66. The molecule has 0 spiro atoms. The van der Waals surface area contributed by atoms with Gasteiger partial charge in [-0.25, -0.2) is 4.39 Å². The number of aromatic amines is 1. The monoisotopic (exact) mass is 263 g/mol. The van der Waals surface area contributed by atoms with Gasteiger partial charge < -0.3 is 16.0 Å². The summed E-state index contributed by atoms with van der Waals surface area (Å²) in [4.78, 5) is 15.3. The summed E-state index contributed by atoms with van der Waals surface area (Å²) >= 11 is 0. The number of hydrogen-bond donors (Lipinski definition) is 3. The van der Waals surface area contributed by atoms with E-state index in [0.29, 0.717) is 28.7 Å². The van der Waals surface area contributed by atoms with Gasteiger partial charge in [0.2, 0.25) is 0 Å². The van der Waals surface area contributed by atoms with Gasteiger partial charge in [-0.3, -0.25) is 4.79 Å². The molecule has 1 heterocycles. The van der Waals surface area contributed by atoms with Crippen molar-refractivity contribution < 1.29 is 9.18 Å². The molecule has 0 aliphatic heterocycles. The van der Waals surface area contributed by atoms with E-state index >= 15 is 0 Å². The second-order valence-electron chi connectivity index (χ2n) is 5.33. The number of fused-ring (bicyclic) bond motifs is 1. The molecular formula is C14H18FN3O. The summed E-state index contributed by atoms with van der Waals surface area (Å²) in [7, 11) is 0. The maximum Gasteiger partial charge on any atom is 0.254 e. The van der Waals surface area contributed by atoms with Crippen molar-refractivity contribution in [3.05, 3.63) is 35.3 Å².